The van der Waals surface area contributed by atoms with Crippen LogP contribution in [0.4, 0.5) is 0 Å². The molecule has 0 amide bonds. The topological polar surface area (TPSA) is 146 Å². The molecule has 3 aliphatic rings. The van der Waals surface area contributed by atoms with Crippen molar-refractivity contribution in [2.45, 2.75) is 31.0 Å². The number of benzene rings is 1. The SMILES string of the molecule is COC(=O)C1=C(C(=O)OC)C23C(=O)c4ccccc4C2(O)C(C(=O)OC)=C(C(=O)OC)N3C1C(C)C. The number of hydrogen-bond acceptors (Lipinski definition) is 11. The van der Waals surface area contributed by atoms with Crippen LogP contribution in [-0.4, -0.2) is 79.7 Å². The average Bonchev–Trinajstić information content (AvgIpc) is 3.40. The van der Waals surface area contributed by atoms with Crippen molar-refractivity contribution in [3.8, 4) is 0 Å². The molecule has 0 aromatic heterocycles. The van der Waals surface area contributed by atoms with Crippen LogP contribution in [0.2, 0.25) is 0 Å². The molecule has 0 bridgehead atoms. The van der Waals surface area contributed by atoms with E-state index in [0.717, 1.165) is 33.3 Å². The van der Waals surface area contributed by atoms with E-state index in [9.17, 15) is 29.1 Å². The first-order valence-electron chi connectivity index (χ1n) is 11.0. The van der Waals surface area contributed by atoms with Gasteiger partial charge in [-0.3, -0.25) is 4.79 Å². The van der Waals surface area contributed by atoms with E-state index >= 15 is 0 Å². The number of fused-ring (bicyclic) bond motifs is 2. The predicted molar refractivity (Wildman–Crippen MR) is 120 cm³/mol. The van der Waals surface area contributed by atoms with Crippen molar-refractivity contribution in [2.24, 2.45) is 5.92 Å². The fourth-order valence-corrected chi connectivity index (χ4v) is 5.81. The van der Waals surface area contributed by atoms with E-state index in [-0.39, 0.29) is 16.7 Å². The number of rotatable bonds is 5. The van der Waals surface area contributed by atoms with E-state index in [0.29, 0.717) is 0 Å². The number of ether oxygens (including phenoxy) is 4. The number of methoxy groups -OCH3 is 4. The van der Waals surface area contributed by atoms with E-state index in [1.54, 1.807) is 19.9 Å². The molecule has 0 fully saturated rings. The molecule has 3 unspecified atom stereocenters. The number of hydrogen-bond donors (Lipinski definition) is 1. The molecule has 2 heterocycles. The highest BCUT2D eigenvalue weighted by molar-refractivity contribution is 6.24. The van der Waals surface area contributed by atoms with Crippen molar-refractivity contribution >= 4 is 29.7 Å². The number of ketones is 1. The Hall–Kier alpha value is -3.99. The first-order valence-corrected chi connectivity index (χ1v) is 11.0. The Morgan fingerprint density at radius 3 is 1.92 bits per heavy atom. The van der Waals surface area contributed by atoms with Crippen LogP contribution >= 0.6 is 0 Å². The molecule has 3 atom stereocenters. The second-order valence-corrected chi connectivity index (χ2v) is 8.83. The van der Waals surface area contributed by atoms with Crippen molar-refractivity contribution in [1.29, 1.82) is 0 Å². The normalized spacial score (nSPS) is 26.1. The van der Waals surface area contributed by atoms with Gasteiger partial charge in [-0.2, -0.15) is 0 Å². The van der Waals surface area contributed by atoms with Crippen LogP contribution in [0.1, 0.15) is 29.8 Å². The number of Topliss-reactive ketones (excluding diaryl/α,β-unsaturated/α-hetero) is 1. The van der Waals surface area contributed by atoms with Crippen LogP contribution in [0, 0.1) is 5.92 Å². The lowest BCUT2D eigenvalue weighted by Crippen LogP contribution is -2.61. The van der Waals surface area contributed by atoms with E-state index in [1.807, 2.05) is 0 Å². The molecular formula is C25H25NO10. The third-order valence-electron chi connectivity index (χ3n) is 7.01. The first-order chi connectivity index (χ1) is 17.0. The fraction of sp³-hybridized carbons (Fsp3) is 0.400. The maximum Gasteiger partial charge on any atom is 0.355 e. The molecule has 1 N–H and O–H groups in total. The Morgan fingerprint density at radius 1 is 0.861 bits per heavy atom. The van der Waals surface area contributed by atoms with Crippen molar-refractivity contribution in [3.05, 3.63) is 57.8 Å². The minimum absolute atomic E-state index is 0.00894. The van der Waals surface area contributed by atoms with Gasteiger partial charge < -0.3 is 29.0 Å². The van der Waals surface area contributed by atoms with Crippen molar-refractivity contribution in [3.63, 3.8) is 0 Å². The maximum absolute atomic E-state index is 14.3. The van der Waals surface area contributed by atoms with Gasteiger partial charge in [-0.15, -0.1) is 0 Å². The molecule has 0 radical (unpaired) electrons. The summed E-state index contributed by atoms with van der Waals surface area (Å²) in [6, 6.07) is 4.72. The van der Waals surface area contributed by atoms with Gasteiger partial charge in [-0.05, 0) is 5.92 Å². The Labute approximate surface area is 206 Å². The zero-order valence-corrected chi connectivity index (χ0v) is 20.5. The molecule has 0 saturated heterocycles. The highest BCUT2D eigenvalue weighted by Crippen LogP contribution is 2.66. The van der Waals surface area contributed by atoms with Gasteiger partial charge >= 0.3 is 23.9 Å². The Morgan fingerprint density at radius 2 is 1.39 bits per heavy atom. The highest BCUT2D eigenvalue weighted by atomic mass is 16.5. The quantitative estimate of drug-likeness (QED) is 0.444. The van der Waals surface area contributed by atoms with Crippen molar-refractivity contribution in [1.82, 2.24) is 4.90 Å². The Balaban J connectivity index is 2.30. The molecule has 4 rings (SSSR count). The second-order valence-electron chi connectivity index (χ2n) is 8.83. The summed E-state index contributed by atoms with van der Waals surface area (Å²) in [5.74, 6) is -5.64. The van der Waals surface area contributed by atoms with Crippen molar-refractivity contribution < 1.29 is 48.0 Å². The summed E-state index contributed by atoms with van der Waals surface area (Å²) in [6.07, 6.45) is 0. The van der Waals surface area contributed by atoms with Crippen LogP contribution < -0.4 is 0 Å². The second kappa shape index (κ2) is 8.30. The Bertz CT molecular complexity index is 1290. The van der Waals surface area contributed by atoms with E-state index in [4.69, 9.17) is 18.9 Å². The van der Waals surface area contributed by atoms with Gasteiger partial charge in [0.1, 0.15) is 11.3 Å². The summed E-state index contributed by atoms with van der Waals surface area (Å²) in [5, 5.41) is 12.6. The van der Waals surface area contributed by atoms with Crippen LogP contribution in [0.15, 0.2) is 46.7 Å². The number of nitrogens with zero attached hydrogens (tertiary/aromatic N) is 1. The maximum atomic E-state index is 14.3. The molecule has 1 aromatic rings. The summed E-state index contributed by atoms with van der Waals surface area (Å²) in [6.45, 7) is 3.36. The van der Waals surface area contributed by atoms with Crippen LogP contribution in [-0.2, 0) is 43.7 Å². The molecule has 36 heavy (non-hydrogen) atoms. The monoisotopic (exact) mass is 499 g/mol. The van der Waals surface area contributed by atoms with Gasteiger partial charge in [0.05, 0.1) is 45.6 Å². The van der Waals surface area contributed by atoms with Crippen molar-refractivity contribution in [2.75, 3.05) is 28.4 Å². The summed E-state index contributed by atoms with van der Waals surface area (Å²) < 4.78 is 19.8. The smallest absolute Gasteiger partial charge is 0.355 e. The average molecular weight is 499 g/mol. The summed E-state index contributed by atoms with van der Waals surface area (Å²) >= 11 is 0. The van der Waals surface area contributed by atoms with Crippen LogP contribution in [0.3, 0.4) is 0 Å². The summed E-state index contributed by atoms with van der Waals surface area (Å²) in [4.78, 5) is 68.5. The highest BCUT2D eigenvalue weighted by Gasteiger charge is 2.81. The van der Waals surface area contributed by atoms with E-state index in [2.05, 4.69) is 0 Å². The van der Waals surface area contributed by atoms with Gasteiger partial charge in [-0.25, -0.2) is 19.2 Å². The number of carbonyl (C=O) groups excluding carboxylic acids is 5. The van der Waals surface area contributed by atoms with E-state index in [1.165, 1.54) is 18.2 Å². The summed E-state index contributed by atoms with van der Waals surface area (Å²) in [7, 11) is 4.24. The van der Waals surface area contributed by atoms with Gasteiger partial charge in [0.25, 0.3) is 0 Å². The van der Waals surface area contributed by atoms with E-state index < -0.39 is 69.6 Å². The predicted octanol–water partition coefficient (Wildman–Crippen LogP) is 0.406. The molecule has 1 aromatic carbocycles. The lowest BCUT2D eigenvalue weighted by Gasteiger charge is -2.42. The lowest BCUT2D eigenvalue weighted by molar-refractivity contribution is -0.142. The number of esters is 4. The minimum atomic E-state index is -2.62. The van der Waals surface area contributed by atoms with Crippen LogP contribution in [0.5, 0.6) is 0 Å². The number of aliphatic hydroxyl groups is 1. The molecule has 1 spiro atoms. The first kappa shape index (κ1) is 25.1. The standard InChI is InChI=1S/C25H25NO10/c1-11(2)17-14(20(28)33-3)15(21(29)34-4)24-19(27)12-9-7-8-10-13(12)25(24,32)16(22(30)35-5)18(26(17)24)23(31)36-6/h7-11,17,32H,1-6H3. The zero-order chi connectivity index (χ0) is 26.7. The minimum Gasteiger partial charge on any atom is -0.466 e. The molecule has 2 aliphatic heterocycles. The van der Waals surface area contributed by atoms with Gasteiger partial charge in [0.15, 0.2) is 16.9 Å². The third-order valence-corrected chi connectivity index (χ3v) is 7.01. The third kappa shape index (κ3) is 2.63. The molecule has 11 nitrogen and oxygen atoms in total. The van der Waals surface area contributed by atoms with Gasteiger partial charge in [0, 0.05) is 11.1 Å². The molecule has 0 saturated carbocycles. The van der Waals surface area contributed by atoms with Gasteiger partial charge in [-0.1, -0.05) is 38.1 Å². The number of carbonyl (C=O) groups is 5. The fourth-order valence-electron chi connectivity index (χ4n) is 5.81. The molecular weight excluding hydrogens is 474 g/mol. The summed E-state index contributed by atoms with van der Waals surface area (Å²) in [5.41, 5.74) is -7.03. The molecule has 11 heteroatoms. The lowest BCUT2D eigenvalue weighted by atomic mass is 9.72. The largest absolute Gasteiger partial charge is 0.466 e. The zero-order valence-electron chi connectivity index (χ0n) is 20.5. The molecule has 190 valence electrons. The van der Waals surface area contributed by atoms with Gasteiger partial charge in [0.2, 0.25) is 0 Å². The van der Waals surface area contributed by atoms with Crippen LogP contribution in [0.25, 0.3) is 0 Å². The molecule has 1 aliphatic carbocycles. The Kier molecular flexibility index (Phi) is 5.79.